The minimum Gasteiger partial charge on any atom is -0.366 e. The van der Waals surface area contributed by atoms with E-state index in [1.54, 1.807) is 0 Å². The number of piperazine rings is 1. The van der Waals surface area contributed by atoms with Crippen molar-refractivity contribution in [3.05, 3.63) is 24.3 Å². The minimum atomic E-state index is 0.570. The van der Waals surface area contributed by atoms with Crippen LogP contribution in [0.3, 0.4) is 0 Å². The van der Waals surface area contributed by atoms with E-state index in [0.29, 0.717) is 12.1 Å². The van der Waals surface area contributed by atoms with Gasteiger partial charge < -0.3 is 10.2 Å². The largest absolute Gasteiger partial charge is 0.366 e. The van der Waals surface area contributed by atoms with Gasteiger partial charge in [-0.15, -0.1) is 11.8 Å². The van der Waals surface area contributed by atoms with Crippen LogP contribution in [0.2, 0.25) is 0 Å². The topological polar surface area (TPSA) is 15.3 Å². The van der Waals surface area contributed by atoms with Gasteiger partial charge in [-0.05, 0) is 43.7 Å². The summed E-state index contributed by atoms with van der Waals surface area (Å²) in [5.41, 5.74) is 1.37. The van der Waals surface area contributed by atoms with E-state index in [1.807, 2.05) is 11.8 Å². The lowest BCUT2D eigenvalue weighted by Crippen LogP contribution is -2.55. The summed E-state index contributed by atoms with van der Waals surface area (Å²) < 4.78 is 0. The third-order valence-corrected chi connectivity index (χ3v) is 4.52. The van der Waals surface area contributed by atoms with E-state index in [4.69, 9.17) is 0 Å². The molecular formula is C16H26N2S. The van der Waals surface area contributed by atoms with Crippen LogP contribution in [0.4, 0.5) is 5.69 Å². The average Bonchev–Trinajstić information content (AvgIpc) is 2.40. The summed E-state index contributed by atoms with van der Waals surface area (Å²) in [6, 6.07) is 10.1. The fraction of sp³-hybridized carbons (Fsp3) is 0.625. The van der Waals surface area contributed by atoms with Crippen LogP contribution in [0.15, 0.2) is 29.2 Å². The van der Waals surface area contributed by atoms with Gasteiger partial charge >= 0.3 is 0 Å². The highest BCUT2D eigenvalue weighted by Gasteiger charge is 2.25. The zero-order valence-corrected chi connectivity index (χ0v) is 13.3. The van der Waals surface area contributed by atoms with Crippen LogP contribution in [-0.2, 0) is 0 Å². The molecule has 0 radical (unpaired) electrons. The molecule has 1 fully saturated rings. The SMILES string of the molecule is CSc1cccc(N2CC(CC(C)C)NCC2C)c1. The van der Waals surface area contributed by atoms with E-state index in [2.05, 4.69) is 61.5 Å². The van der Waals surface area contributed by atoms with Crippen molar-refractivity contribution in [2.75, 3.05) is 24.2 Å². The lowest BCUT2D eigenvalue weighted by Gasteiger charge is -2.41. The summed E-state index contributed by atoms with van der Waals surface area (Å²) in [5.74, 6) is 0.755. The molecule has 0 spiro atoms. The monoisotopic (exact) mass is 278 g/mol. The number of thioether (sulfide) groups is 1. The highest BCUT2D eigenvalue weighted by atomic mass is 32.2. The Labute approximate surface area is 122 Å². The van der Waals surface area contributed by atoms with Gasteiger partial charge in [0.1, 0.15) is 0 Å². The molecule has 0 bridgehead atoms. The van der Waals surface area contributed by atoms with E-state index in [-0.39, 0.29) is 0 Å². The lowest BCUT2D eigenvalue weighted by molar-refractivity contribution is 0.356. The zero-order valence-electron chi connectivity index (χ0n) is 12.5. The molecule has 2 nitrogen and oxygen atoms in total. The Morgan fingerprint density at radius 3 is 2.89 bits per heavy atom. The molecule has 2 rings (SSSR count). The summed E-state index contributed by atoms with van der Waals surface area (Å²) >= 11 is 1.82. The first kappa shape index (κ1) is 14.7. The quantitative estimate of drug-likeness (QED) is 0.847. The molecule has 2 atom stereocenters. The zero-order chi connectivity index (χ0) is 13.8. The van der Waals surface area contributed by atoms with E-state index >= 15 is 0 Å². The van der Waals surface area contributed by atoms with Gasteiger partial charge in [0.25, 0.3) is 0 Å². The predicted octanol–water partition coefficient (Wildman–Crippen LogP) is 3.62. The first-order valence-corrected chi connectivity index (χ1v) is 8.46. The maximum absolute atomic E-state index is 3.68. The van der Waals surface area contributed by atoms with E-state index in [1.165, 1.54) is 17.0 Å². The molecule has 2 unspecified atom stereocenters. The van der Waals surface area contributed by atoms with Crippen LogP contribution >= 0.6 is 11.8 Å². The summed E-state index contributed by atoms with van der Waals surface area (Å²) in [7, 11) is 0. The van der Waals surface area contributed by atoms with E-state index < -0.39 is 0 Å². The Bertz CT molecular complexity index is 405. The van der Waals surface area contributed by atoms with E-state index in [0.717, 1.165) is 19.0 Å². The number of nitrogens with one attached hydrogen (secondary N) is 1. The summed E-state index contributed by atoms with van der Waals surface area (Å²) in [5, 5.41) is 3.68. The van der Waals surface area contributed by atoms with Crippen molar-refractivity contribution < 1.29 is 0 Å². The standard InChI is InChI=1S/C16H26N2S/c1-12(2)8-14-11-18(13(3)10-17-14)15-6-5-7-16(9-15)19-4/h5-7,9,12-14,17H,8,10-11H2,1-4H3. The molecule has 106 valence electrons. The molecule has 0 amide bonds. The van der Waals surface area contributed by atoms with Gasteiger partial charge in [-0.25, -0.2) is 0 Å². The number of anilines is 1. The molecule has 3 heteroatoms. The normalized spacial score (nSPS) is 23.9. The van der Waals surface area contributed by atoms with Crippen LogP contribution in [-0.4, -0.2) is 31.4 Å². The number of hydrogen-bond acceptors (Lipinski definition) is 3. The van der Waals surface area contributed by atoms with E-state index in [9.17, 15) is 0 Å². The second-order valence-corrected chi connectivity index (χ2v) is 6.82. The molecule has 1 heterocycles. The van der Waals surface area contributed by atoms with Gasteiger partial charge in [0.05, 0.1) is 0 Å². The van der Waals surface area contributed by atoms with Gasteiger partial charge in [-0.3, -0.25) is 0 Å². The van der Waals surface area contributed by atoms with Crippen molar-refractivity contribution in [2.24, 2.45) is 5.92 Å². The summed E-state index contributed by atoms with van der Waals surface area (Å²) in [6.07, 6.45) is 3.40. The van der Waals surface area contributed by atoms with Crippen LogP contribution in [0.1, 0.15) is 27.2 Å². The molecule has 0 aliphatic carbocycles. The second-order valence-electron chi connectivity index (χ2n) is 5.94. The molecule has 1 aliphatic rings. The maximum atomic E-state index is 3.68. The number of benzene rings is 1. The van der Waals surface area contributed by atoms with Gasteiger partial charge in [0.2, 0.25) is 0 Å². The van der Waals surface area contributed by atoms with Crippen molar-refractivity contribution in [3.8, 4) is 0 Å². The van der Waals surface area contributed by atoms with Crippen molar-refractivity contribution in [1.82, 2.24) is 5.32 Å². The van der Waals surface area contributed by atoms with Gasteiger partial charge in [-0.2, -0.15) is 0 Å². The minimum absolute atomic E-state index is 0.570. The van der Waals surface area contributed by atoms with Crippen LogP contribution in [0, 0.1) is 5.92 Å². The third kappa shape index (κ3) is 3.90. The van der Waals surface area contributed by atoms with Crippen molar-refractivity contribution in [3.63, 3.8) is 0 Å². The van der Waals surface area contributed by atoms with Gasteiger partial charge in [0.15, 0.2) is 0 Å². The smallest absolute Gasteiger partial charge is 0.0387 e. The number of hydrogen-bond donors (Lipinski definition) is 1. The summed E-state index contributed by atoms with van der Waals surface area (Å²) in [4.78, 5) is 3.91. The Morgan fingerprint density at radius 2 is 2.21 bits per heavy atom. The molecule has 19 heavy (non-hydrogen) atoms. The number of rotatable bonds is 4. The Kier molecular flexibility index (Phi) is 5.17. The van der Waals surface area contributed by atoms with Crippen LogP contribution in [0.5, 0.6) is 0 Å². The number of nitrogens with zero attached hydrogens (tertiary/aromatic N) is 1. The Hall–Kier alpha value is -0.670. The molecular weight excluding hydrogens is 252 g/mol. The van der Waals surface area contributed by atoms with Gasteiger partial charge in [-0.1, -0.05) is 19.9 Å². The van der Waals surface area contributed by atoms with Crippen LogP contribution < -0.4 is 10.2 Å². The molecule has 0 aromatic heterocycles. The summed E-state index contributed by atoms with van der Waals surface area (Å²) in [6.45, 7) is 9.12. The van der Waals surface area contributed by atoms with Crippen LogP contribution in [0.25, 0.3) is 0 Å². The molecule has 1 aromatic carbocycles. The molecule has 1 aliphatic heterocycles. The highest BCUT2D eigenvalue weighted by molar-refractivity contribution is 7.98. The Morgan fingerprint density at radius 1 is 1.42 bits per heavy atom. The first-order chi connectivity index (χ1) is 9.10. The predicted molar refractivity (Wildman–Crippen MR) is 86.3 cm³/mol. The Balaban J connectivity index is 2.11. The average molecular weight is 278 g/mol. The third-order valence-electron chi connectivity index (χ3n) is 3.79. The first-order valence-electron chi connectivity index (χ1n) is 7.24. The second kappa shape index (κ2) is 6.67. The maximum Gasteiger partial charge on any atom is 0.0387 e. The molecule has 1 saturated heterocycles. The van der Waals surface area contributed by atoms with Gasteiger partial charge in [0, 0.05) is 35.8 Å². The molecule has 1 aromatic rings. The fourth-order valence-corrected chi connectivity index (χ4v) is 3.26. The fourth-order valence-electron chi connectivity index (χ4n) is 2.81. The highest BCUT2D eigenvalue weighted by Crippen LogP contribution is 2.25. The van der Waals surface area contributed by atoms with Crippen molar-refractivity contribution >= 4 is 17.4 Å². The lowest BCUT2D eigenvalue weighted by atomic mass is 9.99. The van der Waals surface area contributed by atoms with Crippen molar-refractivity contribution in [2.45, 2.75) is 44.2 Å². The molecule has 1 N–H and O–H groups in total. The van der Waals surface area contributed by atoms with Crippen molar-refractivity contribution in [1.29, 1.82) is 0 Å². The molecule has 0 saturated carbocycles.